The third-order valence-electron chi connectivity index (χ3n) is 3.67. The van der Waals surface area contributed by atoms with Crippen molar-refractivity contribution in [2.45, 2.75) is 6.92 Å². The van der Waals surface area contributed by atoms with E-state index in [2.05, 4.69) is 10.4 Å². The Morgan fingerprint density at radius 2 is 1.85 bits per heavy atom. The maximum absolute atomic E-state index is 13.9. The van der Waals surface area contributed by atoms with Crippen molar-refractivity contribution in [3.8, 4) is 5.69 Å². The molecule has 3 aromatic rings. The summed E-state index contributed by atoms with van der Waals surface area (Å²) in [4.78, 5) is 24.7. The number of aromatic nitrogens is 2. The molecule has 1 N–H and O–H groups in total. The Morgan fingerprint density at radius 3 is 2.56 bits per heavy atom. The van der Waals surface area contributed by atoms with E-state index >= 15 is 0 Å². The van der Waals surface area contributed by atoms with Gasteiger partial charge in [-0.25, -0.2) is 18.3 Å². The molecule has 0 unspecified atom stereocenters. The van der Waals surface area contributed by atoms with E-state index in [1.54, 1.807) is 37.3 Å². The molecule has 0 aliphatic heterocycles. The SMILES string of the molecule is CCOC(=O)c1cnn(-c2ccccc2)c1NC(=O)c1cc(F)ccc1F. The Kier molecular flexibility index (Phi) is 5.25. The van der Waals surface area contributed by atoms with Gasteiger partial charge in [0.25, 0.3) is 5.91 Å². The predicted octanol–water partition coefficient (Wildman–Crippen LogP) is 3.58. The van der Waals surface area contributed by atoms with Crippen LogP contribution in [0.15, 0.2) is 54.7 Å². The van der Waals surface area contributed by atoms with Gasteiger partial charge in [0.15, 0.2) is 5.82 Å². The Balaban J connectivity index is 2.04. The molecule has 138 valence electrons. The standard InChI is InChI=1S/C19H15F2N3O3/c1-2-27-19(26)15-11-22-24(13-6-4-3-5-7-13)17(15)23-18(25)14-10-12(20)8-9-16(14)21/h3-11H,2H2,1H3,(H,23,25). The number of hydrogen-bond acceptors (Lipinski definition) is 4. The number of rotatable bonds is 5. The Morgan fingerprint density at radius 1 is 1.11 bits per heavy atom. The predicted molar refractivity (Wildman–Crippen MR) is 93.8 cm³/mol. The lowest BCUT2D eigenvalue weighted by Crippen LogP contribution is -2.19. The first-order valence-electron chi connectivity index (χ1n) is 8.08. The number of benzene rings is 2. The Labute approximate surface area is 153 Å². The lowest BCUT2D eigenvalue weighted by molar-refractivity contribution is 0.0527. The maximum Gasteiger partial charge on any atom is 0.343 e. The second-order valence-corrected chi connectivity index (χ2v) is 5.45. The minimum atomic E-state index is -0.921. The first kappa shape index (κ1) is 18.2. The number of para-hydroxylation sites is 1. The van der Waals surface area contributed by atoms with Gasteiger partial charge in [0.1, 0.15) is 17.2 Å². The molecule has 0 spiro atoms. The van der Waals surface area contributed by atoms with Crippen molar-refractivity contribution in [3.05, 3.63) is 77.5 Å². The zero-order valence-corrected chi connectivity index (χ0v) is 14.3. The summed E-state index contributed by atoms with van der Waals surface area (Å²) >= 11 is 0. The summed E-state index contributed by atoms with van der Waals surface area (Å²) in [5, 5.41) is 6.55. The molecule has 0 bridgehead atoms. The zero-order valence-electron chi connectivity index (χ0n) is 14.3. The van der Waals surface area contributed by atoms with Crippen LogP contribution in [0, 0.1) is 11.6 Å². The number of halogens is 2. The van der Waals surface area contributed by atoms with Crippen molar-refractivity contribution < 1.29 is 23.1 Å². The van der Waals surface area contributed by atoms with Crippen molar-refractivity contribution in [1.82, 2.24) is 9.78 Å². The summed E-state index contributed by atoms with van der Waals surface area (Å²) in [6, 6.07) is 11.2. The average molecular weight is 371 g/mol. The number of carbonyl (C=O) groups excluding carboxylic acids is 2. The highest BCUT2D eigenvalue weighted by Crippen LogP contribution is 2.22. The van der Waals surface area contributed by atoms with Gasteiger partial charge in [0.2, 0.25) is 0 Å². The first-order chi connectivity index (χ1) is 13.0. The summed E-state index contributed by atoms with van der Waals surface area (Å²) < 4.78 is 33.6. The van der Waals surface area contributed by atoms with Crippen LogP contribution in [-0.4, -0.2) is 28.3 Å². The zero-order chi connectivity index (χ0) is 19.4. The van der Waals surface area contributed by atoms with Crippen LogP contribution in [0.3, 0.4) is 0 Å². The van der Waals surface area contributed by atoms with Crippen LogP contribution < -0.4 is 5.32 Å². The molecular formula is C19H15F2N3O3. The van der Waals surface area contributed by atoms with Gasteiger partial charge in [-0.15, -0.1) is 0 Å². The van der Waals surface area contributed by atoms with Crippen LogP contribution in [-0.2, 0) is 4.74 Å². The van der Waals surface area contributed by atoms with Gasteiger partial charge in [0.05, 0.1) is 24.1 Å². The molecule has 1 aromatic heterocycles. The van der Waals surface area contributed by atoms with E-state index in [4.69, 9.17) is 4.74 Å². The van der Waals surface area contributed by atoms with Gasteiger partial charge < -0.3 is 10.1 Å². The number of anilines is 1. The van der Waals surface area contributed by atoms with Crippen molar-refractivity contribution >= 4 is 17.7 Å². The van der Waals surface area contributed by atoms with Crippen LogP contribution in [0.1, 0.15) is 27.6 Å². The minimum Gasteiger partial charge on any atom is -0.462 e. The molecule has 8 heteroatoms. The van der Waals surface area contributed by atoms with Gasteiger partial charge in [-0.3, -0.25) is 4.79 Å². The highest BCUT2D eigenvalue weighted by Gasteiger charge is 2.23. The third-order valence-corrected chi connectivity index (χ3v) is 3.67. The number of carbonyl (C=O) groups is 2. The molecule has 1 amide bonds. The summed E-state index contributed by atoms with van der Waals surface area (Å²) in [5.74, 6) is -3.28. The first-order valence-corrected chi connectivity index (χ1v) is 8.08. The van der Waals surface area contributed by atoms with Crippen LogP contribution in [0.5, 0.6) is 0 Å². The van der Waals surface area contributed by atoms with E-state index in [0.717, 1.165) is 18.2 Å². The van der Waals surface area contributed by atoms with E-state index in [1.165, 1.54) is 10.9 Å². The molecule has 27 heavy (non-hydrogen) atoms. The largest absolute Gasteiger partial charge is 0.462 e. The fourth-order valence-electron chi connectivity index (χ4n) is 2.44. The molecule has 0 aliphatic rings. The highest BCUT2D eigenvalue weighted by molar-refractivity contribution is 6.07. The van der Waals surface area contributed by atoms with E-state index < -0.39 is 29.1 Å². The number of esters is 1. The highest BCUT2D eigenvalue weighted by atomic mass is 19.1. The van der Waals surface area contributed by atoms with Crippen molar-refractivity contribution in [1.29, 1.82) is 0 Å². The van der Waals surface area contributed by atoms with Crippen LogP contribution in [0.25, 0.3) is 5.69 Å². The molecule has 0 fully saturated rings. The van der Waals surface area contributed by atoms with E-state index in [-0.39, 0.29) is 18.0 Å². The topological polar surface area (TPSA) is 73.2 Å². The van der Waals surface area contributed by atoms with Gasteiger partial charge in [-0.2, -0.15) is 5.10 Å². The summed E-state index contributed by atoms with van der Waals surface area (Å²) in [5.41, 5.74) is 0.0551. The summed E-state index contributed by atoms with van der Waals surface area (Å²) in [6.45, 7) is 1.77. The van der Waals surface area contributed by atoms with Crippen LogP contribution in [0.2, 0.25) is 0 Å². The van der Waals surface area contributed by atoms with Gasteiger partial charge in [-0.1, -0.05) is 18.2 Å². The molecule has 3 rings (SSSR count). The smallest absolute Gasteiger partial charge is 0.343 e. The van der Waals surface area contributed by atoms with E-state index in [9.17, 15) is 18.4 Å². The molecule has 0 atom stereocenters. The van der Waals surface area contributed by atoms with E-state index in [0.29, 0.717) is 5.69 Å². The second-order valence-electron chi connectivity index (χ2n) is 5.45. The van der Waals surface area contributed by atoms with Crippen LogP contribution >= 0.6 is 0 Å². The minimum absolute atomic E-state index is 0.00619. The molecule has 2 aromatic carbocycles. The monoisotopic (exact) mass is 371 g/mol. The fourth-order valence-corrected chi connectivity index (χ4v) is 2.44. The van der Waals surface area contributed by atoms with Gasteiger partial charge in [0, 0.05) is 0 Å². The molecule has 0 aliphatic carbocycles. The molecule has 0 saturated heterocycles. The molecule has 1 heterocycles. The quantitative estimate of drug-likeness (QED) is 0.696. The molecular weight excluding hydrogens is 356 g/mol. The van der Waals surface area contributed by atoms with Crippen molar-refractivity contribution in [2.24, 2.45) is 0 Å². The lowest BCUT2D eigenvalue weighted by atomic mass is 10.2. The Hall–Kier alpha value is -3.55. The summed E-state index contributed by atoms with van der Waals surface area (Å²) in [6.07, 6.45) is 1.24. The summed E-state index contributed by atoms with van der Waals surface area (Å²) in [7, 11) is 0. The number of hydrogen-bond donors (Lipinski definition) is 1. The van der Waals surface area contributed by atoms with Crippen LogP contribution in [0.4, 0.5) is 14.6 Å². The van der Waals surface area contributed by atoms with Gasteiger partial charge in [-0.05, 0) is 37.3 Å². The number of ether oxygens (including phenoxy) is 1. The normalized spacial score (nSPS) is 10.5. The molecule has 6 nitrogen and oxygen atoms in total. The average Bonchev–Trinajstić information content (AvgIpc) is 3.08. The number of amides is 1. The lowest BCUT2D eigenvalue weighted by Gasteiger charge is -2.11. The third kappa shape index (κ3) is 3.84. The fraction of sp³-hybridized carbons (Fsp3) is 0.105. The Bertz CT molecular complexity index is 987. The second kappa shape index (κ2) is 7.77. The van der Waals surface area contributed by atoms with Gasteiger partial charge >= 0.3 is 5.97 Å². The van der Waals surface area contributed by atoms with E-state index in [1.807, 2.05) is 0 Å². The maximum atomic E-state index is 13.9. The number of nitrogens with one attached hydrogen (secondary N) is 1. The van der Waals surface area contributed by atoms with Crippen molar-refractivity contribution in [3.63, 3.8) is 0 Å². The van der Waals surface area contributed by atoms with Crippen molar-refractivity contribution in [2.75, 3.05) is 11.9 Å². The number of nitrogens with zero attached hydrogens (tertiary/aromatic N) is 2. The molecule has 0 saturated carbocycles. The molecule has 0 radical (unpaired) electrons.